The van der Waals surface area contributed by atoms with Crippen molar-refractivity contribution in [3.8, 4) is 5.75 Å². The molecule has 0 saturated heterocycles. The average molecular weight is 412 g/mol. The second-order valence-corrected chi connectivity index (χ2v) is 6.66. The number of rotatable bonds is 5. The van der Waals surface area contributed by atoms with E-state index in [1.807, 2.05) is 36.4 Å². The largest absolute Gasteiger partial charge is 0.422 e. The molecule has 4 rings (SSSR count). The number of hydrogen-bond acceptors (Lipinski definition) is 4. The van der Waals surface area contributed by atoms with Gasteiger partial charge in [-0.05, 0) is 53.2 Å². The lowest BCUT2D eigenvalue weighted by Gasteiger charge is -2.10. The Morgan fingerprint density at radius 2 is 1.52 bits per heavy atom. The Bertz CT molecular complexity index is 1270. The van der Waals surface area contributed by atoms with Crippen LogP contribution in [-0.4, -0.2) is 18.1 Å². The molecule has 5 nitrogen and oxygen atoms in total. The van der Waals surface area contributed by atoms with Crippen LogP contribution in [0.2, 0.25) is 0 Å². The molecule has 0 radical (unpaired) electrons. The van der Waals surface area contributed by atoms with Crippen molar-refractivity contribution in [1.29, 1.82) is 0 Å². The Hall–Kier alpha value is -4.32. The number of hydrogen-bond donors (Lipinski definition) is 1. The Kier molecular flexibility index (Phi) is 5.80. The molecule has 0 spiro atoms. The summed E-state index contributed by atoms with van der Waals surface area (Å²) in [5.41, 5.74) is 3.64. The molecule has 0 aromatic heterocycles. The van der Waals surface area contributed by atoms with Gasteiger partial charge in [0.15, 0.2) is 0 Å². The zero-order valence-corrected chi connectivity index (χ0v) is 16.3. The molecule has 152 valence electrons. The summed E-state index contributed by atoms with van der Waals surface area (Å²) >= 11 is 0. The Morgan fingerprint density at radius 3 is 2.29 bits per heavy atom. The number of halogens is 1. The second-order valence-electron chi connectivity index (χ2n) is 6.66. The summed E-state index contributed by atoms with van der Waals surface area (Å²) in [6.07, 6.45) is 1.43. The molecule has 6 heteroatoms. The second kappa shape index (κ2) is 9.00. The summed E-state index contributed by atoms with van der Waals surface area (Å²) in [5, 5.41) is 5.75. The quantitative estimate of drug-likeness (QED) is 0.218. The van der Waals surface area contributed by atoms with Gasteiger partial charge < -0.3 is 4.74 Å². The van der Waals surface area contributed by atoms with Crippen LogP contribution >= 0.6 is 0 Å². The van der Waals surface area contributed by atoms with Gasteiger partial charge in [-0.2, -0.15) is 5.10 Å². The molecular weight excluding hydrogens is 395 g/mol. The van der Waals surface area contributed by atoms with Crippen LogP contribution in [0.15, 0.2) is 96.1 Å². The maximum absolute atomic E-state index is 13.0. The van der Waals surface area contributed by atoms with Crippen LogP contribution in [0.4, 0.5) is 4.39 Å². The lowest BCUT2D eigenvalue weighted by molar-refractivity contribution is 0.0734. The number of esters is 1. The van der Waals surface area contributed by atoms with Crippen molar-refractivity contribution in [2.45, 2.75) is 0 Å². The van der Waals surface area contributed by atoms with Gasteiger partial charge in [0.05, 0.1) is 11.8 Å². The van der Waals surface area contributed by atoms with E-state index in [9.17, 15) is 14.0 Å². The molecule has 0 aliphatic rings. The number of fused-ring (bicyclic) bond motifs is 1. The summed E-state index contributed by atoms with van der Waals surface area (Å²) in [6.45, 7) is 0. The summed E-state index contributed by atoms with van der Waals surface area (Å²) in [5.74, 6) is -1.10. The third-order valence-electron chi connectivity index (χ3n) is 4.61. The van der Waals surface area contributed by atoms with Gasteiger partial charge in [-0.3, -0.25) is 4.79 Å². The first-order valence-electron chi connectivity index (χ1n) is 9.50. The Morgan fingerprint density at radius 1 is 0.806 bits per heavy atom. The monoisotopic (exact) mass is 412 g/mol. The third-order valence-corrected chi connectivity index (χ3v) is 4.61. The average Bonchev–Trinajstić information content (AvgIpc) is 2.81. The van der Waals surface area contributed by atoms with Crippen LogP contribution in [-0.2, 0) is 0 Å². The van der Waals surface area contributed by atoms with E-state index in [0.29, 0.717) is 16.9 Å². The van der Waals surface area contributed by atoms with Crippen molar-refractivity contribution in [3.05, 3.63) is 114 Å². The van der Waals surface area contributed by atoms with Crippen molar-refractivity contribution < 1.29 is 18.7 Å². The first kappa shape index (κ1) is 20.0. The summed E-state index contributed by atoms with van der Waals surface area (Å²) in [4.78, 5) is 24.8. The fourth-order valence-electron chi connectivity index (χ4n) is 3.05. The predicted molar refractivity (Wildman–Crippen MR) is 117 cm³/mol. The van der Waals surface area contributed by atoms with Gasteiger partial charge >= 0.3 is 5.97 Å². The molecule has 0 saturated carbocycles. The lowest BCUT2D eigenvalue weighted by Crippen LogP contribution is -2.17. The highest BCUT2D eigenvalue weighted by atomic mass is 19.1. The van der Waals surface area contributed by atoms with Gasteiger partial charge in [-0.15, -0.1) is 0 Å². The SMILES string of the molecule is O=C(N/N=C\c1c(OC(=O)c2ccccc2)ccc2ccccc12)c1ccc(F)cc1. The van der Waals surface area contributed by atoms with Crippen LogP contribution in [0.25, 0.3) is 10.8 Å². The lowest BCUT2D eigenvalue weighted by atomic mass is 10.0. The standard InChI is InChI=1S/C25H17FN2O3/c26-20-13-10-18(11-14-20)24(29)28-27-16-22-21-9-5-4-6-17(21)12-15-23(22)31-25(30)19-7-2-1-3-8-19/h1-16H,(H,28,29)/b27-16-. The third kappa shape index (κ3) is 4.64. The topological polar surface area (TPSA) is 67.8 Å². The number of amides is 1. The number of hydrazone groups is 1. The normalized spacial score (nSPS) is 10.9. The summed E-state index contributed by atoms with van der Waals surface area (Å²) < 4.78 is 18.7. The van der Waals surface area contributed by atoms with E-state index in [-0.39, 0.29) is 5.56 Å². The molecule has 0 bridgehead atoms. The number of carbonyl (C=O) groups excluding carboxylic acids is 2. The van der Waals surface area contributed by atoms with Crippen LogP contribution in [0.1, 0.15) is 26.3 Å². The molecule has 31 heavy (non-hydrogen) atoms. The van der Waals surface area contributed by atoms with Crippen LogP contribution in [0.5, 0.6) is 5.75 Å². The minimum atomic E-state index is -0.499. The van der Waals surface area contributed by atoms with Crippen molar-refractivity contribution >= 4 is 28.9 Å². The molecule has 0 aliphatic heterocycles. The molecular formula is C25H17FN2O3. The Labute approximate surface area is 177 Å². The highest BCUT2D eigenvalue weighted by molar-refractivity contribution is 6.04. The maximum Gasteiger partial charge on any atom is 0.343 e. The van der Waals surface area contributed by atoms with Crippen molar-refractivity contribution in [1.82, 2.24) is 5.43 Å². The van der Waals surface area contributed by atoms with E-state index in [2.05, 4.69) is 10.5 Å². The smallest absolute Gasteiger partial charge is 0.343 e. The molecule has 0 unspecified atom stereocenters. The van der Waals surface area contributed by atoms with Gasteiger partial charge in [-0.1, -0.05) is 48.5 Å². The summed E-state index contributed by atoms with van der Waals surface area (Å²) in [7, 11) is 0. The van der Waals surface area contributed by atoms with Crippen molar-refractivity contribution in [2.24, 2.45) is 5.10 Å². The molecule has 0 heterocycles. The summed E-state index contributed by atoms with van der Waals surface area (Å²) in [6, 6.07) is 24.9. The predicted octanol–water partition coefficient (Wildman–Crippen LogP) is 4.96. The molecule has 0 aliphatic carbocycles. The van der Waals surface area contributed by atoms with Crippen LogP contribution in [0, 0.1) is 5.82 Å². The molecule has 0 atom stereocenters. The number of nitrogens with one attached hydrogen (secondary N) is 1. The highest BCUT2D eigenvalue weighted by Gasteiger charge is 2.13. The van der Waals surface area contributed by atoms with Crippen LogP contribution < -0.4 is 10.2 Å². The molecule has 0 fully saturated rings. The zero-order valence-electron chi connectivity index (χ0n) is 16.3. The number of carbonyl (C=O) groups is 2. The van der Waals surface area contributed by atoms with E-state index in [4.69, 9.17) is 4.74 Å². The number of nitrogens with zero attached hydrogens (tertiary/aromatic N) is 1. The van der Waals surface area contributed by atoms with E-state index < -0.39 is 17.7 Å². The van der Waals surface area contributed by atoms with E-state index >= 15 is 0 Å². The molecule has 4 aromatic carbocycles. The highest BCUT2D eigenvalue weighted by Crippen LogP contribution is 2.27. The van der Waals surface area contributed by atoms with Gasteiger partial charge in [0, 0.05) is 11.1 Å². The molecule has 4 aromatic rings. The number of benzene rings is 4. The van der Waals surface area contributed by atoms with Gasteiger partial charge in [0.1, 0.15) is 11.6 Å². The van der Waals surface area contributed by atoms with E-state index in [1.165, 1.54) is 30.5 Å². The minimum absolute atomic E-state index is 0.271. The first-order chi connectivity index (χ1) is 15.1. The van der Waals surface area contributed by atoms with Gasteiger partial charge in [0.25, 0.3) is 5.91 Å². The van der Waals surface area contributed by atoms with Crippen molar-refractivity contribution in [3.63, 3.8) is 0 Å². The fraction of sp³-hybridized carbons (Fsp3) is 0. The zero-order chi connectivity index (χ0) is 21.6. The fourth-order valence-corrected chi connectivity index (χ4v) is 3.05. The van der Waals surface area contributed by atoms with E-state index in [1.54, 1.807) is 30.3 Å². The Balaban J connectivity index is 1.62. The number of ether oxygens (including phenoxy) is 1. The first-order valence-corrected chi connectivity index (χ1v) is 9.50. The maximum atomic E-state index is 13.0. The van der Waals surface area contributed by atoms with Gasteiger partial charge in [-0.25, -0.2) is 14.6 Å². The van der Waals surface area contributed by atoms with E-state index in [0.717, 1.165) is 10.8 Å². The minimum Gasteiger partial charge on any atom is -0.422 e. The van der Waals surface area contributed by atoms with Crippen LogP contribution in [0.3, 0.4) is 0 Å². The van der Waals surface area contributed by atoms with Gasteiger partial charge in [0.2, 0.25) is 0 Å². The van der Waals surface area contributed by atoms with Crippen molar-refractivity contribution in [2.75, 3.05) is 0 Å². The molecule has 1 amide bonds. The molecule has 1 N–H and O–H groups in total.